The van der Waals surface area contributed by atoms with Gasteiger partial charge in [-0.1, -0.05) is 73.1 Å². The molecular weight excluding hydrogens is 468 g/mol. The lowest BCUT2D eigenvalue weighted by Crippen LogP contribution is -2.34. The van der Waals surface area contributed by atoms with Crippen molar-refractivity contribution >= 4 is 52.5 Å². The van der Waals surface area contributed by atoms with Crippen molar-refractivity contribution in [3.63, 3.8) is 0 Å². The Morgan fingerprint density at radius 2 is 1.50 bits per heavy atom. The number of amides is 2. The molecule has 0 radical (unpaired) electrons. The summed E-state index contributed by atoms with van der Waals surface area (Å²) in [5, 5.41) is 6.33. The van der Waals surface area contributed by atoms with Gasteiger partial charge in [-0.25, -0.2) is 5.43 Å². The number of hydrazine groups is 1. The number of anilines is 2. The summed E-state index contributed by atoms with van der Waals surface area (Å²) >= 11 is 10.4. The Hall–Kier alpha value is -3.26. The number of carbonyl (C=O) groups is 2. The van der Waals surface area contributed by atoms with E-state index in [1.807, 2.05) is 70.2 Å². The van der Waals surface area contributed by atoms with Crippen molar-refractivity contribution in [2.45, 2.75) is 27.7 Å². The minimum atomic E-state index is -0.259. The van der Waals surface area contributed by atoms with Crippen molar-refractivity contribution in [3.05, 3.63) is 94.0 Å². The van der Waals surface area contributed by atoms with Crippen LogP contribution < -0.4 is 21.5 Å². The third-order valence-electron chi connectivity index (χ3n) is 4.19. The molecule has 0 heterocycles. The maximum Gasteiger partial charge on any atom is 0.265 e. The Labute approximate surface area is 212 Å². The zero-order chi connectivity index (χ0) is 25.5. The van der Waals surface area contributed by atoms with Gasteiger partial charge >= 0.3 is 0 Å². The number of nitrogens with one attached hydrogen (secondary N) is 4. The number of carbonyl (C=O) groups excluding carboxylic acids is 2. The molecule has 0 aliphatic rings. The Kier molecular flexibility index (Phi) is 13.2. The number of hydrogen-bond donors (Lipinski definition) is 4. The van der Waals surface area contributed by atoms with Gasteiger partial charge in [0.15, 0.2) is 0 Å². The fourth-order valence-corrected chi connectivity index (χ4v) is 3.19. The van der Waals surface area contributed by atoms with Crippen LogP contribution in [0.25, 0.3) is 0 Å². The normalized spacial score (nSPS) is 9.35. The zero-order valence-electron chi connectivity index (χ0n) is 20.0. The molecular formula is C26H31ClN4O2S. The average Bonchev–Trinajstić information content (AvgIpc) is 2.82. The first kappa shape index (κ1) is 28.8. The van der Waals surface area contributed by atoms with Crippen molar-refractivity contribution in [1.29, 1.82) is 0 Å². The number of para-hydroxylation sites is 1. The Morgan fingerprint density at radius 1 is 0.853 bits per heavy atom. The first-order chi connectivity index (χ1) is 16.3. The van der Waals surface area contributed by atoms with Gasteiger partial charge in [-0.05, 0) is 56.3 Å². The van der Waals surface area contributed by atoms with Crippen molar-refractivity contribution in [2.24, 2.45) is 0 Å². The van der Waals surface area contributed by atoms with Crippen LogP contribution in [0.3, 0.4) is 0 Å². The van der Waals surface area contributed by atoms with Gasteiger partial charge in [0.25, 0.3) is 11.8 Å². The standard InChI is InChI=1S/C17H19N3O2.C7H6ClNS.C2H6/c1-11-7-12(2)9-14(8-11)16(21)19-15-6-4-5-13(10-15)17(22)20-18-3;8-6-3-1-2-4-7(6)9-5-10;1-2/h4-10,18H,1-3H3,(H,19,21)(H,20,22);1-5H,(H,9,10);1-2H3. The van der Waals surface area contributed by atoms with Crippen LogP contribution in [0.2, 0.25) is 5.02 Å². The number of hydrogen-bond acceptors (Lipinski definition) is 4. The molecule has 180 valence electrons. The van der Waals surface area contributed by atoms with E-state index in [2.05, 4.69) is 33.7 Å². The first-order valence-electron chi connectivity index (χ1n) is 10.8. The lowest BCUT2D eigenvalue weighted by atomic mass is 10.1. The van der Waals surface area contributed by atoms with Gasteiger partial charge < -0.3 is 10.6 Å². The van der Waals surface area contributed by atoms with E-state index >= 15 is 0 Å². The molecule has 3 aromatic rings. The molecule has 0 aliphatic heterocycles. The average molecular weight is 499 g/mol. The second-order valence-corrected chi connectivity index (χ2v) is 7.50. The molecule has 3 aromatic carbocycles. The van der Waals surface area contributed by atoms with E-state index in [4.69, 9.17) is 11.6 Å². The summed E-state index contributed by atoms with van der Waals surface area (Å²) in [5.41, 5.74) is 11.1. The van der Waals surface area contributed by atoms with Crippen LogP contribution in [0.15, 0.2) is 66.7 Å². The predicted molar refractivity (Wildman–Crippen MR) is 147 cm³/mol. The molecule has 0 saturated heterocycles. The van der Waals surface area contributed by atoms with E-state index in [0.717, 1.165) is 16.8 Å². The quantitative estimate of drug-likeness (QED) is 0.242. The first-order valence-corrected chi connectivity index (χ1v) is 11.6. The second-order valence-electron chi connectivity index (χ2n) is 6.86. The number of thiocarbonyl (C=S) groups is 1. The van der Waals surface area contributed by atoms with Crippen molar-refractivity contribution in [2.75, 3.05) is 17.7 Å². The predicted octanol–water partition coefficient (Wildman–Crippen LogP) is 6.16. The Bertz CT molecular complexity index is 1090. The monoisotopic (exact) mass is 498 g/mol. The second kappa shape index (κ2) is 15.6. The molecule has 3 rings (SSSR count). The molecule has 0 aromatic heterocycles. The zero-order valence-corrected chi connectivity index (χ0v) is 21.6. The molecule has 0 saturated carbocycles. The van der Waals surface area contributed by atoms with Crippen LogP contribution in [-0.4, -0.2) is 24.4 Å². The maximum absolute atomic E-state index is 12.3. The summed E-state index contributed by atoms with van der Waals surface area (Å²) in [7, 11) is 1.61. The SMILES string of the molecule is CC.CNNC(=O)c1cccc(NC(=O)c2cc(C)cc(C)c2)c1.S=CNc1ccccc1Cl. The third kappa shape index (κ3) is 9.70. The molecule has 6 nitrogen and oxygen atoms in total. The van der Waals surface area contributed by atoms with Gasteiger partial charge in [-0.15, -0.1) is 0 Å². The molecule has 2 amide bonds. The number of halogens is 1. The highest BCUT2D eigenvalue weighted by Gasteiger charge is 2.09. The van der Waals surface area contributed by atoms with E-state index < -0.39 is 0 Å². The molecule has 0 unspecified atom stereocenters. The lowest BCUT2D eigenvalue weighted by Gasteiger charge is -2.09. The van der Waals surface area contributed by atoms with Gasteiger partial charge in [-0.2, -0.15) is 0 Å². The van der Waals surface area contributed by atoms with Crippen LogP contribution in [0.1, 0.15) is 45.7 Å². The molecule has 0 bridgehead atoms. The van der Waals surface area contributed by atoms with Crippen molar-refractivity contribution < 1.29 is 9.59 Å². The van der Waals surface area contributed by atoms with Crippen LogP contribution >= 0.6 is 23.8 Å². The van der Waals surface area contributed by atoms with E-state index in [1.165, 1.54) is 5.49 Å². The van der Waals surface area contributed by atoms with Gasteiger partial charge in [0.1, 0.15) is 0 Å². The van der Waals surface area contributed by atoms with Crippen molar-refractivity contribution in [3.8, 4) is 0 Å². The minimum Gasteiger partial charge on any atom is -0.351 e. The van der Waals surface area contributed by atoms with Gasteiger partial charge in [-0.3, -0.25) is 15.0 Å². The van der Waals surface area contributed by atoms with Crippen LogP contribution in [0.5, 0.6) is 0 Å². The molecule has 34 heavy (non-hydrogen) atoms. The summed E-state index contributed by atoms with van der Waals surface area (Å²) in [6, 6.07) is 19.9. The number of aryl methyl sites for hydroxylation is 2. The lowest BCUT2D eigenvalue weighted by molar-refractivity contribution is 0.0937. The minimum absolute atomic E-state index is 0.196. The summed E-state index contributed by atoms with van der Waals surface area (Å²) in [4.78, 5) is 24.1. The van der Waals surface area contributed by atoms with Crippen LogP contribution in [0, 0.1) is 13.8 Å². The fourth-order valence-electron chi connectivity index (χ4n) is 2.87. The molecule has 8 heteroatoms. The van der Waals surface area contributed by atoms with Crippen LogP contribution in [0.4, 0.5) is 11.4 Å². The van der Waals surface area contributed by atoms with E-state index in [-0.39, 0.29) is 11.8 Å². The topological polar surface area (TPSA) is 82.3 Å². The van der Waals surface area contributed by atoms with E-state index in [9.17, 15) is 9.59 Å². The molecule has 0 fully saturated rings. The highest BCUT2D eigenvalue weighted by molar-refractivity contribution is 7.79. The van der Waals surface area contributed by atoms with Crippen LogP contribution in [-0.2, 0) is 0 Å². The largest absolute Gasteiger partial charge is 0.351 e. The van der Waals surface area contributed by atoms with E-state index in [1.54, 1.807) is 31.3 Å². The Morgan fingerprint density at radius 3 is 2.09 bits per heavy atom. The molecule has 0 aliphatic carbocycles. The number of benzene rings is 3. The van der Waals surface area contributed by atoms with Gasteiger partial charge in [0.05, 0.1) is 16.2 Å². The van der Waals surface area contributed by atoms with Gasteiger partial charge in [0, 0.05) is 23.9 Å². The summed E-state index contributed by atoms with van der Waals surface area (Å²) in [5.74, 6) is -0.456. The summed E-state index contributed by atoms with van der Waals surface area (Å²) in [6.45, 7) is 7.90. The van der Waals surface area contributed by atoms with E-state index in [0.29, 0.717) is 21.8 Å². The summed E-state index contributed by atoms with van der Waals surface area (Å²) in [6.07, 6.45) is 0. The van der Waals surface area contributed by atoms with Gasteiger partial charge in [0.2, 0.25) is 0 Å². The Balaban J connectivity index is 0.000000402. The fraction of sp³-hybridized carbons (Fsp3) is 0.192. The third-order valence-corrected chi connectivity index (χ3v) is 4.64. The molecule has 4 N–H and O–H groups in total. The molecule has 0 spiro atoms. The highest BCUT2D eigenvalue weighted by Crippen LogP contribution is 2.19. The smallest absolute Gasteiger partial charge is 0.265 e. The van der Waals surface area contributed by atoms with Crippen molar-refractivity contribution in [1.82, 2.24) is 10.9 Å². The highest BCUT2D eigenvalue weighted by atomic mass is 35.5. The number of rotatable bonds is 6. The summed E-state index contributed by atoms with van der Waals surface area (Å²) < 4.78 is 0. The maximum atomic E-state index is 12.3. The molecule has 0 atom stereocenters.